The Labute approximate surface area is 255 Å². The van der Waals surface area contributed by atoms with Crippen LogP contribution in [0.1, 0.15) is 26.3 Å². The maximum Gasteiger partial charge on any atom is 0.335 e. The van der Waals surface area contributed by atoms with Crippen molar-refractivity contribution < 1.29 is 24.3 Å². The van der Waals surface area contributed by atoms with Crippen molar-refractivity contribution in [1.29, 1.82) is 0 Å². The number of carbonyl (C=O) groups is 4. The van der Waals surface area contributed by atoms with E-state index in [-0.39, 0.29) is 22.9 Å². The van der Waals surface area contributed by atoms with Gasteiger partial charge in [-0.15, -0.1) is 11.8 Å². The second-order valence-electron chi connectivity index (χ2n) is 8.74. The summed E-state index contributed by atoms with van der Waals surface area (Å²) < 4.78 is 0. The number of aromatic carboxylic acids is 1. The Kier molecular flexibility index (Phi) is 10.4. The molecule has 0 saturated heterocycles. The van der Waals surface area contributed by atoms with Crippen LogP contribution in [-0.4, -0.2) is 34.6 Å². The number of rotatable bonds is 10. The van der Waals surface area contributed by atoms with Crippen LogP contribution < -0.4 is 16.0 Å². The summed E-state index contributed by atoms with van der Waals surface area (Å²) in [7, 11) is 0. The lowest BCUT2D eigenvalue weighted by Gasteiger charge is -2.12. The van der Waals surface area contributed by atoms with Crippen LogP contribution in [0, 0.1) is 0 Å². The first kappa shape index (κ1) is 30.4. The third kappa shape index (κ3) is 8.71. The van der Waals surface area contributed by atoms with E-state index in [1.807, 2.05) is 0 Å². The van der Waals surface area contributed by atoms with Gasteiger partial charge in [0.05, 0.1) is 11.3 Å². The second kappa shape index (κ2) is 14.4. The smallest absolute Gasteiger partial charge is 0.335 e. The average molecular weight is 621 g/mol. The van der Waals surface area contributed by atoms with Crippen LogP contribution >= 0.6 is 35.0 Å². The third-order valence-corrected chi connectivity index (χ3v) is 7.26. The quantitative estimate of drug-likeness (QED) is 0.114. The highest BCUT2D eigenvalue weighted by atomic mass is 35.5. The Balaban J connectivity index is 1.40. The van der Waals surface area contributed by atoms with E-state index in [0.29, 0.717) is 32.5 Å². The van der Waals surface area contributed by atoms with E-state index in [4.69, 9.17) is 28.3 Å². The molecule has 0 bridgehead atoms. The largest absolute Gasteiger partial charge is 0.478 e. The normalized spacial score (nSPS) is 11.0. The first-order chi connectivity index (χ1) is 20.2. The van der Waals surface area contributed by atoms with Crippen molar-refractivity contribution in [1.82, 2.24) is 5.32 Å². The molecule has 0 spiro atoms. The van der Waals surface area contributed by atoms with Crippen molar-refractivity contribution in [3.8, 4) is 0 Å². The SMILES string of the molecule is O=C(CSc1ccc(NC(=O)/C(=C/c2ccc(Cl)cc2Cl)NC(=O)c2ccccc2)cc1)Nc1ccc(C(=O)O)cc1. The summed E-state index contributed by atoms with van der Waals surface area (Å²) in [5.41, 5.74) is 1.92. The molecule has 4 aromatic carbocycles. The molecular formula is C31H23Cl2N3O5S. The maximum atomic E-state index is 13.2. The second-order valence-corrected chi connectivity index (χ2v) is 10.6. The summed E-state index contributed by atoms with van der Waals surface area (Å²) in [5.74, 6) is -2.22. The van der Waals surface area contributed by atoms with Gasteiger partial charge in [-0.2, -0.15) is 0 Å². The third-order valence-electron chi connectivity index (χ3n) is 5.69. The number of nitrogens with one attached hydrogen (secondary N) is 3. The number of carbonyl (C=O) groups excluding carboxylic acids is 3. The minimum absolute atomic E-state index is 0.0282. The fourth-order valence-corrected chi connectivity index (χ4v) is 4.75. The summed E-state index contributed by atoms with van der Waals surface area (Å²) in [6.07, 6.45) is 1.47. The fourth-order valence-electron chi connectivity index (χ4n) is 3.59. The van der Waals surface area contributed by atoms with Gasteiger partial charge >= 0.3 is 5.97 Å². The van der Waals surface area contributed by atoms with Crippen LogP contribution in [0.2, 0.25) is 10.0 Å². The number of benzene rings is 4. The number of carboxylic acid groups (broad SMARTS) is 1. The number of halogens is 2. The van der Waals surface area contributed by atoms with E-state index in [2.05, 4.69) is 16.0 Å². The number of hydrogen-bond donors (Lipinski definition) is 4. The van der Waals surface area contributed by atoms with E-state index >= 15 is 0 Å². The molecule has 0 aromatic heterocycles. The predicted molar refractivity (Wildman–Crippen MR) is 166 cm³/mol. The van der Waals surface area contributed by atoms with Gasteiger partial charge in [-0.25, -0.2) is 4.79 Å². The number of thioether (sulfide) groups is 1. The Hall–Kier alpha value is -4.57. The molecule has 0 heterocycles. The highest BCUT2D eigenvalue weighted by molar-refractivity contribution is 8.00. The summed E-state index contributed by atoms with van der Waals surface area (Å²) in [4.78, 5) is 50.1. The van der Waals surface area contributed by atoms with E-state index in [9.17, 15) is 19.2 Å². The van der Waals surface area contributed by atoms with Crippen LogP contribution in [0.4, 0.5) is 11.4 Å². The first-order valence-electron chi connectivity index (χ1n) is 12.4. The number of carboxylic acids is 1. The molecule has 0 atom stereocenters. The molecule has 0 aliphatic heterocycles. The first-order valence-corrected chi connectivity index (χ1v) is 14.1. The molecule has 0 saturated carbocycles. The van der Waals surface area contributed by atoms with E-state index in [0.717, 1.165) is 4.90 Å². The van der Waals surface area contributed by atoms with Crippen molar-refractivity contribution in [2.45, 2.75) is 4.90 Å². The minimum atomic E-state index is -1.04. The number of hydrogen-bond acceptors (Lipinski definition) is 5. The van der Waals surface area contributed by atoms with Gasteiger partial charge in [-0.1, -0.05) is 47.5 Å². The van der Waals surface area contributed by atoms with Gasteiger partial charge in [-0.3, -0.25) is 14.4 Å². The lowest BCUT2D eigenvalue weighted by Crippen LogP contribution is -2.30. The van der Waals surface area contributed by atoms with Crippen LogP contribution in [0.25, 0.3) is 6.08 Å². The standard InChI is InChI=1S/C31H23Cl2N3O5S/c32-22-9-6-21(26(33)17-22)16-27(36-29(38)19-4-2-1-3-5-19)30(39)35-24-12-14-25(15-13-24)42-18-28(37)34-23-10-7-20(8-11-23)31(40)41/h1-17H,18H2,(H,34,37)(H,35,39)(H,36,38)(H,40,41)/b27-16-. The zero-order valence-corrected chi connectivity index (χ0v) is 24.1. The van der Waals surface area contributed by atoms with Gasteiger partial charge < -0.3 is 21.1 Å². The molecule has 212 valence electrons. The van der Waals surface area contributed by atoms with Gasteiger partial charge in [0, 0.05) is 31.9 Å². The van der Waals surface area contributed by atoms with E-state index in [1.165, 1.54) is 48.2 Å². The molecule has 4 N–H and O–H groups in total. The van der Waals surface area contributed by atoms with E-state index < -0.39 is 17.8 Å². The molecule has 0 unspecified atom stereocenters. The molecule has 8 nitrogen and oxygen atoms in total. The molecule has 11 heteroatoms. The molecule has 0 radical (unpaired) electrons. The molecule has 4 rings (SSSR count). The van der Waals surface area contributed by atoms with Crippen LogP contribution in [0.3, 0.4) is 0 Å². The Morgan fingerprint density at radius 1 is 0.762 bits per heavy atom. The molecule has 42 heavy (non-hydrogen) atoms. The fraction of sp³-hybridized carbons (Fsp3) is 0.0323. The lowest BCUT2D eigenvalue weighted by atomic mass is 10.1. The molecule has 0 aliphatic carbocycles. The lowest BCUT2D eigenvalue weighted by molar-refractivity contribution is -0.114. The summed E-state index contributed by atoms with van der Waals surface area (Å²) in [5, 5.41) is 17.9. The van der Waals surface area contributed by atoms with Crippen LogP contribution in [0.15, 0.2) is 108 Å². The Morgan fingerprint density at radius 3 is 2.05 bits per heavy atom. The van der Waals surface area contributed by atoms with Gasteiger partial charge in [0.15, 0.2) is 0 Å². The van der Waals surface area contributed by atoms with Crippen molar-refractivity contribution in [3.63, 3.8) is 0 Å². The van der Waals surface area contributed by atoms with E-state index in [1.54, 1.807) is 66.7 Å². The Morgan fingerprint density at radius 2 is 1.40 bits per heavy atom. The highest BCUT2D eigenvalue weighted by Crippen LogP contribution is 2.24. The Bertz CT molecular complexity index is 1640. The van der Waals surface area contributed by atoms with Gasteiger partial charge in [0.1, 0.15) is 5.70 Å². The van der Waals surface area contributed by atoms with Crippen molar-refractivity contribution in [2.75, 3.05) is 16.4 Å². The topological polar surface area (TPSA) is 125 Å². The van der Waals surface area contributed by atoms with Crippen molar-refractivity contribution in [3.05, 3.63) is 129 Å². The summed E-state index contributed by atoms with van der Waals surface area (Å²) in [6.45, 7) is 0. The zero-order valence-electron chi connectivity index (χ0n) is 21.8. The molecule has 0 fully saturated rings. The van der Waals surface area contributed by atoms with Crippen LogP contribution in [-0.2, 0) is 9.59 Å². The molecule has 3 amide bonds. The monoisotopic (exact) mass is 619 g/mol. The molecule has 4 aromatic rings. The number of amides is 3. The van der Waals surface area contributed by atoms with Gasteiger partial charge in [-0.05, 0) is 84.4 Å². The molecule has 0 aliphatic rings. The van der Waals surface area contributed by atoms with Gasteiger partial charge in [0.25, 0.3) is 11.8 Å². The van der Waals surface area contributed by atoms with Gasteiger partial charge in [0.2, 0.25) is 5.91 Å². The predicted octanol–water partition coefficient (Wildman–Crippen LogP) is 6.83. The molecular weight excluding hydrogens is 597 g/mol. The summed E-state index contributed by atoms with van der Waals surface area (Å²) >= 11 is 13.6. The minimum Gasteiger partial charge on any atom is -0.478 e. The highest BCUT2D eigenvalue weighted by Gasteiger charge is 2.16. The van der Waals surface area contributed by atoms with Crippen LogP contribution in [0.5, 0.6) is 0 Å². The number of anilines is 2. The van der Waals surface area contributed by atoms with Crippen molar-refractivity contribution >= 4 is 76.1 Å². The average Bonchev–Trinajstić information content (AvgIpc) is 2.98. The summed E-state index contributed by atoms with van der Waals surface area (Å²) in [6, 6.07) is 26.0. The van der Waals surface area contributed by atoms with Crippen molar-refractivity contribution in [2.24, 2.45) is 0 Å². The maximum absolute atomic E-state index is 13.2. The zero-order chi connectivity index (χ0) is 30.1.